The Hall–Kier alpha value is -1.69. The average molecular weight is 344 g/mol. The molecule has 0 radical (unpaired) electrons. The van der Waals surface area contributed by atoms with Crippen LogP contribution in [0.2, 0.25) is 0 Å². The van der Waals surface area contributed by atoms with Crippen molar-refractivity contribution in [3.63, 3.8) is 0 Å². The van der Waals surface area contributed by atoms with Crippen molar-refractivity contribution in [1.82, 2.24) is 4.90 Å². The minimum atomic E-state index is -0.0553. The standard InChI is InChI=1S/C19H24N2O2S/c1-21(11-12-22)13-16-15-9-5-6-10-17(15)24-19(16)20-18(23)14-7-3-2-4-8-14/h2-4,7-8,22H,5-6,9-13H2,1H3,(H,20,23). The summed E-state index contributed by atoms with van der Waals surface area (Å²) in [5.41, 5.74) is 3.33. The van der Waals surface area contributed by atoms with E-state index in [1.54, 1.807) is 11.3 Å². The highest BCUT2D eigenvalue weighted by molar-refractivity contribution is 7.16. The second kappa shape index (κ2) is 7.92. The molecule has 128 valence electrons. The third-order valence-electron chi connectivity index (χ3n) is 4.45. The molecule has 1 heterocycles. The van der Waals surface area contributed by atoms with E-state index < -0.39 is 0 Å². The molecule has 1 amide bonds. The maximum absolute atomic E-state index is 12.5. The number of thiophene rings is 1. The summed E-state index contributed by atoms with van der Waals surface area (Å²) in [6.45, 7) is 1.54. The molecule has 24 heavy (non-hydrogen) atoms. The second-order valence-corrected chi connectivity index (χ2v) is 7.41. The summed E-state index contributed by atoms with van der Waals surface area (Å²) < 4.78 is 0. The van der Waals surface area contributed by atoms with Crippen LogP contribution in [-0.2, 0) is 19.4 Å². The Morgan fingerprint density at radius 3 is 2.75 bits per heavy atom. The summed E-state index contributed by atoms with van der Waals surface area (Å²) in [6.07, 6.45) is 4.64. The van der Waals surface area contributed by atoms with E-state index >= 15 is 0 Å². The van der Waals surface area contributed by atoms with Crippen LogP contribution in [0.5, 0.6) is 0 Å². The van der Waals surface area contributed by atoms with Crippen LogP contribution >= 0.6 is 11.3 Å². The van der Waals surface area contributed by atoms with Crippen molar-refractivity contribution in [3.8, 4) is 0 Å². The summed E-state index contributed by atoms with van der Waals surface area (Å²) in [7, 11) is 2.01. The zero-order chi connectivity index (χ0) is 16.9. The second-order valence-electron chi connectivity index (χ2n) is 6.30. The molecule has 0 atom stereocenters. The average Bonchev–Trinajstić information content (AvgIpc) is 2.93. The van der Waals surface area contributed by atoms with Crippen LogP contribution in [0.3, 0.4) is 0 Å². The van der Waals surface area contributed by atoms with Gasteiger partial charge in [-0.15, -0.1) is 11.3 Å². The smallest absolute Gasteiger partial charge is 0.256 e. The SMILES string of the molecule is CN(CCO)Cc1c(NC(=O)c2ccccc2)sc2c1CCCC2. The minimum absolute atomic E-state index is 0.0553. The first-order chi connectivity index (χ1) is 11.7. The molecule has 1 aromatic heterocycles. The van der Waals surface area contributed by atoms with Gasteiger partial charge in [-0.25, -0.2) is 0 Å². The van der Waals surface area contributed by atoms with E-state index in [0.29, 0.717) is 12.1 Å². The van der Waals surface area contributed by atoms with Gasteiger partial charge < -0.3 is 10.4 Å². The molecule has 2 N–H and O–H groups in total. The van der Waals surface area contributed by atoms with Gasteiger partial charge in [-0.2, -0.15) is 0 Å². The summed E-state index contributed by atoms with van der Waals surface area (Å²) in [5.74, 6) is -0.0553. The van der Waals surface area contributed by atoms with Crippen LogP contribution in [0.25, 0.3) is 0 Å². The third kappa shape index (κ3) is 3.86. The van der Waals surface area contributed by atoms with Crippen molar-refractivity contribution in [2.24, 2.45) is 0 Å². The maximum Gasteiger partial charge on any atom is 0.256 e. The number of fused-ring (bicyclic) bond motifs is 1. The molecule has 0 aliphatic heterocycles. The summed E-state index contributed by atoms with van der Waals surface area (Å²) >= 11 is 1.72. The summed E-state index contributed by atoms with van der Waals surface area (Å²) in [6, 6.07) is 9.34. The van der Waals surface area contributed by atoms with Crippen LogP contribution in [-0.4, -0.2) is 36.1 Å². The first-order valence-electron chi connectivity index (χ1n) is 8.48. The van der Waals surface area contributed by atoms with Gasteiger partial charge in [-0.05, 0) is 50.4 Å². The topological polar surface area (TPSA) is 52.6 Å². The normalized spacial score (nSPS) is 13.8. The number of rotatable bonds is 6. The van der Waals surface area contributed by atoms with Gasteiger partial charge in [0.25, 0.3) is 5.91 Å². The van der Waals surface area contributed by atoms with Crippen molar-refractivity contribution in [1.29, 1.82) is 0 Å². The lowest BCUT2D eigenvalue weighted by Crippen LogP contribution is -2.23. The molecule has 0 unspecified atom stereocenters. The Morgan fingerprint density at radius 1 is 1.25 bits per heavy atom. The molecule has 5 heteroatoms. The first kappa shape index (κ1) is 17.1. The molecule has 1 aliphatic carbocycles. The number of hydrogen-bond donors (Lipinski definition) is 2. The monoisotopic (exact) mass is 344 g/mol. The highest BCUT2D eigenvalue weighted by atomic mass is 32.1. The number of nitrogens with zero attached hydrogens (tertiary/aromatic N) is 1. The van der Waals surface area contributed by atoms with Crippen LogP contribution < -0.4 is 5.32 Å². The number of likely N-dealkylation sites (N-methyl/N-ethyl adjacent to an activating group) is 1. The van der Waals surface area contributed by atoms with Crippen molar-refractivity contribution in [2.45, 2.75) is 32.2 Å². The van der Waals surface area contributed by atoms with E-state index in [0.717, 1.165) is 24.4 Å². The number of aryl methyl sites for hydroxylation is 1. The number of anilines is 1. The van der Waals surface area contributed by atoms with Crippen molar-refractivity contribution in [2.75, 3.05) is 25.5 Å². The number of aliphatic hydroxyl groups excluding tert-OH is 1. The van der Waals surface area contributed by atoms with Crippen LogP contribution in [0.15, 0.2) is 30.3 Å². The maximum atomic E-state index is 12.5. The highest BCUT2D eigenvalue weighted by Gasteiger charge is 2.22. The van der Waals surface area contributed by atoms with Crippen molar-refractivity contribution >= 4 is 22.2 Å². The molecule has 4 nitrogen and oxygen atoms in total. The summed E-state index contributed by atoms with van der Waals surface area (Å²) in [5, 5.41) is 13.3. The van der Waals surface area contributed by atoms with Gasteiger partial charge in [0, 0.05) is 29.1 Å². The molecule has 1 aromatic carbocycles. The molecule has 0 saturated carbocycles. The van der Waals surface area contributed by atoms with Crippen LogP contribution in [0.4, 0.5) is 5.00 Å². The fourth-order valence-corrected chi connectivity index (χ4v) is 4.48. The molecule has 2 aromatic rings. The van der Waals surface area contributed by atoms with Gasteiger partial charge in [-0.3, -0.25) is 9.69 Å². The number of carbonyl (C=O) groups excluding carboxylic acids is 1. The van der Waals surface area contributed by atoms with Gasteiger partial charge in [0.05, 0.1) is 6.61 Å². The predicted octanol–water partition coefficient (Wildman–Crippen LogP) is 3.30. The van der Waals surface area contributed by atoms with Crippen LogP contribution in [0, 0.1) is 0 Å². The van der Waals surface area contributed by atoms with E-state index in [4.69, 9.17) is 5.11 Å². The Labute approximate surface area is 147 Å². The molecule has 1 aliphatic rings. The lowest BCUT2D eigenvalue weighted by Gasteiger charge is -2.19. The highest BCUT2D eigenvalue weighted by Crippen LogP contribution is 2.38. The molecule has 0 spiro atoms. The number of nitrogens with one attached hydrogen (secondary N) is 1. The fraction of sp³-hybridized carbons (Fsp3) is 0.421. The summed E-state index contributed by atoms with van der Waals surface area (Å²) in [4.78, 5) is 16.1. The molecular weight excluding hydrogens is 320 g/mol. The number of amides is 1. The molecule has 0 saturated heterocycles. The number of benzene rings is 1. The van der Waals surface area contributed by atoms with Gasteiger partial charge >= 0.3 is 0 Å². The molecule has 0 bridgehead atoms. The molecular formula is C19H24N2O2S. The molecule has 0 fully saturated rings. The van der Waals surface area contributed by atoms with Crippen molar-refractivity contribution < 1.29 is 9.90 Å². The largest absolute Gasteiger partial charge is 0.395 e. The van der Waals surface area contributed by atoms with Gasteiger partial charge in [0.15, 0.2) is 0 Å². The Kier molecular flexibility index (Phi) is 5.66. The Bertz CT molecular complexity index is 697. The van der Waals surface area contributed by atoms with E-state index in [1.807, 2.05) is 37.4 Å². The van der Waals surface area contributed by atoms with Gasteiger partial charge in [0.1, 0.15) is 5.00 Å². The zero-order valence-electron chi connectivity index (χ0n) is 14.0. The van der Waals surface area contributed by atoms with E-state index in [1.165, 1.54) is 28.8 Å². The van der Waals surface area contributed by atoms with Crippen molar-refractivity contribution in [3.05, 3.63) is 51.9 Å². The zero-order valence-corrected chi connectivity index (χ0v) is 14.9. The van der Waals surface area contributed by atoms with Gasteiger partial charge in [0.2, 0.25) is 0 Å². The van der Waals surface area contributed by atoms with E-state index in [2.05, 4.69) is 10.2 Å². The minimum Gasteiger partial charge on any atom is -0.395 e. The van der Waals surface area contributed by atoms with Gasteiger partial charge in [-0.1, -0.05) is 18.2 Å². The first-order valence-corrected chi connectivity index (χ1v) is 9.30. The lowest BCUT2D eigenvalue weighted by atomic mass is 9.95. The number of hydrogen-bond acceptors (Lipinski definition) is 4. The van der Waals surface area contributed by atoms with E-state index in [-0.39, 0.29) is 12.5 Å². The number of aliphatic hydroxyl groups is 1. The third-order valence-corrected chi connectivity index (χ3v) is 5.70. The molecule has 3 rings (SSSR count). The van der Waals surface area contributed by atoms with Crippen LogP contribution in [0.1, 0.15) is 39.2 Å². The quantitative estimate of drug-likeness (QED) is 0.845. The Balaban J connectivity index is 1.86. The predicted molar refractivity (Wildman–Crippen MR) is 98.8 cm³/mol. The number of carbonyl (C=O) groups is 1. The fourth-order valence-electron chi connectivity index (χ4n) is 3.18. The lowest BCUT2D eigenvalue weighted by molar-refractivity contribution is 0.102. The Morgan fingerprint density at radius 2 is 2.00 bits per heavy atom. The van der Waals surface area contributed by atoms with E-state index in [9.17, 15) is 4.79 Å².